The molecule has 0 aliphatic rings. The minimum atomic E-state index is -0.374. The predicted molar refractivity (Wildman–Crippen MR) is 124 cm³/mol. The Balaban J connectivity index is 1.38. The molecule has 2 N–H and O–H groups in total. The van der Waals surface area contributed by atoms with Gasteiger partial charge in [-0.3, -0.25) is 14.5 Å². The maximum Gasteiger partial charge on any atom is 0.325 e. The molecule has 3 aromatic heterocycles. The number of hydrogen-bond donors (Lipinski definition) is 2. The predicted octanol–water partition coefficient (Wildman–Crippen LogP) is 4.41. The lowest BCUT2D eigenvalue weighted by atomic mass is 10.1. The third-order valence-corrected chi connectivity index (χ3v) is 6.48. The van der Waals surface area contributed by atoms with Crippen LogP contribution in [0.25, 0.3) is 5.65 Å². The van der Waals surface area contributed by atoms with Crippen LogP contribution in [0.3, 0.4) is 0 Å². The average molecular weight is 453 g/mol. The van der Waals surface area contributed by atoms with Gasteiger partial charge in [0, 0.05) is 23.7 Å². The van der Waals surface area contributed by atoms with Crippen molar-refractivity contribution >= 4 is 45.6 Å². The van der Waals surface area contributed by atoms with Crippen LogP contribution in [0.5, 0.6) is 0 Å². The molecule has 2 amide bonds. The second kappa shape index (κ2) is 8.86. The highest BCUT2D eigenvalue weighted by atomic mass is 32.2. The van der Waals surface area contributed by atoms with Crippen molar-refractivity contribution < 1.29 is 4.79 Å². The number of fused-ring (bicyclic) bond motifs is 1. The molecule has 0 radical (unpaired) electrons. The summed E-state index contributed by atoms with van der Waals surface area (Å²) in [7, 11) is 0. The van der Waals surface area contributed by atoms with Crippen molar-refractivity contribution in [2.75, 3.05) is 10.6 Å². The lowest BCUT2D eigenvalue weighted by Crippen LogP contribution is -2.19. The number of amides is 2. The SMILES string of the molecule is Cc1ccc(C)c(NC(=O)Nc2nnc(SCc3cc(=O)n4cc(C)ccc4n3)s2)c1. The number of aromatic nitrogens is 4. The van der Waals surface area contributed by atoms with E-state index in [9.17, 15) is 9.59 Å². The van der Waals surface area contributed by atoms with E-state index in [4.69, 9.17) is 0 Å². The molecule has 0 saturated carbocycles. The minimum Gasteiger partial charge on any atom is -0.307 e. The summed E-state index contributed by atoms with van der Waals surface area (Å²) in [5, 5.41) is 14.0. The maximum absolute atomic E-state index is 12.3. The Kier molecular flexibility index (Phi) is 6.01. The van der Waals surface area contributed by atoms with Crippen molar-refractivity contribution in [3.63, 3.8) is 0 Å². The first kappa shape index (κ1) is 21.0. The molecule has 0 aliphatic heterocycles. The Morgan fingerprint density at radius 1 is 1.06 bits per heavy atom. The number of urea groups is 1. The molecule has 0 saturated heterocycles. The number of benzene rings is 1. The molecule has 0 atom stereocenters. The molecule has 31 heavy (non-hydrogen) atoms. The van der Waals surface area contributed by atoms with Crippen molar-refractivity contribution in [1.82, 2.24) is 19.6 Å². The third kappa shape index (κ3) is 5.09. The largest absolute Gasteiger partial charge is 0.325 e. The molecule has 0 bridgehead atoms. The number of aryl methyl sites for hydroxylation is 3. The van der Waals surface area contributed by atoms with E-state index in [0.29, 0.717) is 26.6 Å². The fourth-order valence-electron chi connectivity index (χ4n) is 2.91. The summed E-state index contributed by atoms with van der Waals surface area (Å²) in [6.45, 7) is 5.83. The Bertz CT molecular complexity index is 1330. The van der Waals surface area contributed by atoms with Crippen molar-refractivity contribution in [3.8, 4) is 0 Å². The monoisotopic (exact) mass is 452 g/mol. The van der Waals surface area contributed by atoms with Gasteiger partial charge in [0.05, 0.1) is 5.69 Å². The van der Waals surface area contributed by atoms with E-state index in [1.807, 2.05) is 51.1 Å². The van der Waals surface area contributed by atoms with Gasteiger partial charge in [-0.15, -0.1) is 10.2 Å². The van der Waals surface area contributed by atoms with E-state index < -0.39 is 0 Å². The molecule has 0 fully saturated rings. The number of nitrogens with zero attached hydrogens (tertiary/aromatic N) is 4. The first-order chi connectivity index (χ1) is 14.9. The molecule has 1 aromatic carbocycles. The second-order valence-electron chi connectivity index (χ2n) is 7.08. The van der Waals surface area contributed by atoms with Gasteiger partial charge in [0.15, 0.2) is 4.34 Å². The van der Waals surface area contributed by atoms with Crippen molar-refractivity contribution in [2.24, 2.45) is 0 Å². The van der Waals surface area contributed by atoms with Gasteiger partial charge in [0.25, 0.3) is 5.56 Å². The molecule has 3 heterocycles. The Hall–Kier alpha value is -3.24. The first-order valence-corrected chi connectivity index (χ1v) is 11.3. The van der Waals surface area contributed by atoms with E-state index in [1.54, 1.807) is 6.20 Å². The Morgan fingerprint density at radius 2 is 1.87 bits per heavy atom. The van der Waals surface area contributed by atoms with Crippen LogP contribution in [0.2, 0.25) is 0 Å². The zero-order valence-corrected chi connectivity index (χ0v) is 18.8. The van der Waals surface area contributed by atoms with Gasteiger partial charge in [-0.05, 0) is 49.6 Å². The zero-order valence-electron chi connectivity index (χ0n) is 17.2. The van der Waals surface area contributed by atoms with Crippen LogP contribution in [0.4, 0.5) is 15.6 Å². The van der Waals surface area contributed by atoms with E-state index in [-0.39, 0.29) is 11.6 Å². The molecule has 4 rings (SSSR count). The van der Waals surface area contributed by atoms with Gasteiger partial charge in [0.2, 0.25) is 5.13 Å². The first-order valence-electron chi connectivity index (χ1n) is 9.48. The Labute approximate surface area is 186 Å². The van der Waals surface area contributed by atoms with Crippen LogP contribution in [-0.2, 0) is 5.75 Å². The molecular formula is C21H20N6O2S2. The van der Waals surface area contributed by atoms with Crippen molar-refractivity contribution in [1.29, 1.82) is 0 Å². The number of anilines is 2. The quantitative estimate of drug-likeness (QED) is 0.344. The molecule has 158 valence electrons. The summed E-state index contributed by atoms with van der Waals surface area (Å²) in [5.74, 6) is 0.475. The van der Waals surface area contributed by atoms with E-state index >= 15 is 0 Å². The normalized spacial score (nSPS) is 10.9. The van der Waals surface area contributed by atoms with Crippen molar-refractivity contribution in [3.05, 3.63) is 75.3 Å². The third-order valence-electron chi connectivity index (χ3n) is 4.47. The molecule has 8 nitrogen and oxygen atoms in total. The molecule has 10 heteroatoms. The van der Waals surface area contributed by atoms with E-state index in [0.717, 1.165) is 22.4 Å². The summed E-state index contributed by atoms with van der Waals surface area (Å²) < 4.78 is 2.21. The highest BCUT2D eigenvalue weighted by molar-refractivity contribution is 8.00. The summed E-state index contributed by atoms with van der Waals surface area (Å²) in [5.41, 5.74) is 4.94. The lowest BCUT2D eigenvalue weighted by Gasteiger charge is -2.09. The number of hydrogen-bond acceptors (Lipinski definition) is 7. The van der Waals surface area contributed by atoms with Gasteiger partial charge in [-0.2, -0.15) is 0 Å². The number of nitrogens with one attached hydrogen (secondary N) is 2. The van der Waals surface area contributed by atoms with Crippen LogP contribution in [0.15, 0.2) is 51.7 Å². The number of carbonyl (C=O) groups excluding carboxylic acids is 1. The average Bonchev–Trinajstić information content (AvgIpc) is 3.17. The van der Waals surface area contributed by atoms with E-state index in [2.05, 4.69) is 25.8 Å². The topological polar surface area (TPSA) is 101 Å². The minimum absolute atomic E-state index is 0.118. The Morgan fingerprint density at radius 3 is 2.71 bits per heavy atom. The molecule has 4 aromatic rings. The number of carbonyl (C=O) groups is 1. The fourth-order valence-corrected chi connectivity index (χ4v) is 4.55. The molecular weight excluding hydrogens is 432 g/mol. The van der Waals surface area contributed by atoms with Crippen LogP contribution < -0.4 is 16.2 Å². The van der Waals surface area contributed by atoms with Crippen LogP contribution in [0.1, 0.15) is 22.4 Å². The highest BCUT2D eigenvalue weighted by Gasteiger charge is 2.11. The van der Waals surface area contributed by atoms with Crippen LogP contribution in [0, 0.1) is 20.8 Å². The smallest absolute Gasteiger partial charge is 0.307 e. The van der Waals surface area contributed by atoms with E-state index in [1.165, 1.54) is 33.6 Å². The van der Waals surface area contributed by atoms with Gasteiger partial charge in [0.1, 0.15) is 5.65 Å². The molecule has 0 spiro atoms. The number of rotatable bonds is 5. The lowest BCUT2D eigenvalue weighted by molar-refractivity contribution is 0.262. The summed E-state index contributed by atoms with van der Waals surface area (Å²) in [4.78, 5) is 29.1. The van der Waals surface area contributed by atoms with Gasteiger partial charge in [-0.25, -0.2) is 9.78 Å². The van der Waals surface area contributed by atoms with Crippen LogP contribution >= 0.6 is 23.1 Å². The fraction of sp³-hybridized carbons (Fsp3) is 0.190. The van der Waals surface area contributed by atoms with Gasteiger partial charge < -0.3 is 5.32 Å². The molecule has 0 unspecified atom stereocenters. The zero-order chi connectivity index (χ0) is 22.0. The second-order valence-corrected chi connectivity index (χ2v) is 9.28. The highest BCUT2D eigenvalue weighted by Crippen LogP contribution is 2.28. The summed E-state index contributed by atoms with van der Waals surface area (Å²) in [6, 6.07) is 10.8. The molecule has 0 aliphatic carbocycles. The summed E-state index contributed by atoms with van der Waals surface area (Å²) in [6.07, 6.45) is 1.77. The van der Waals surface area contributed by atoms with Gasteiger partial charge >= 0.3 is 6.03 Å². The van der Waals surface area contributed by atoms with Crippen molar-refractivity contribution in [2.45, 2.75) is 30.9 Å². The summed E-state index contributed by atoms with van der Waals surface area (Å²) >= 11 is 2.68. The van der Waals surface area contributed by atoms with Gasteiger partial charge in [-0.1, -0.05) is 41.3 Å². The maximum atomic E-state index is 12.3. The standard InChI is InChI=1S/C21H20N6O2S2/c1-12-4-6-14(3)16(8-12)23-19(29)24-20-25-26-21(31-20)30-11-15-9-18(28)27-10-13(2)5-7-17(27)22-15/h4-10H,11H2,1-3H3,(H2,23,24,25,29). The number of pyridine rings is 1. The van der Waals surface area contributed by atoms with Crippen LogP contribution in [-0.4, -0.2) is 25.6 Å². The number of thioether (sulfide) groups is 1.